The van der Waals surface area contributed by atoms with E-state index in [1.807, 2.05) is 24.3 Å². The molecule has 1 aromatic carbocycles. The van der Waals surface area contributed by atoms with Gasteiger partial charge in [-0.25, -0.2) is 0 Å². The lowest BCUT2D eigenvalue weighted by Crippen LogP contribution is -2.12. The van der Waals surface area contributed by atoms with E-state index in [1.165, 1.54) is 19.3 Å². The molecule has 0 spiro atoms. The van der Waals surface area contributed by atoms with Crippen molar-refractivity contribution in [3.63, 3.8) is 0 Å². The molecule has 4 heteroatoms. The lowest BCUT2D eigenvalue weighted by atomic mass is 10.1. The number of nitrogens with one attached hydrogen (secondary N) is 1. The van der Waals surface area contributed by atoms with E-state index < -0.39 is 0 Å². The molecule has 3 nitrogen and oxygen atoms in total. The third-order valence-corrected chi connectivity index (χ3v) is 3.20. The number of carbonyl (C=O) groups is 1. The predicted octanol–water partition coefficient (Wildman–Crippen LogP) is 3.62. The van der Waals surface area contributed by atoms with Gasteiger partial charge in [-0.05, 0) is 30.7 Å². The number of hydrogen-bond acceptors (Lipinski definition) is 2. The number of hydrogen-bond donors (Lipinski definition) is 2. The number of rotatable bonds is 8. The Balaban J connectivity index is 2.30. The Bertz CT molecular complexity index is 415. The largest absolute Gasteiger partial charge is 0.389 e. The molecule has 0 aliphatic carbocycles. The van der Waals surface area contributed by atoms with Crippen molar-refractivity contribution in [1.82, 2.24) is 0 Å². The molecular weight excluding hydrogens is 256 g/mol. The smallest absolute Gasteiger partial charge is 0.224 e. The second-order valence-electron chi connectivity index (χ2n) is 4.65. The Morgan fingerprint density at radius 2 is 1.79 bits per heavy atom. The van der Waals surface area contributed by atoms with Gasteiger partial charge in [0.05, 0.1) is 0 Å². The molecule has 19 heavy (non-hydrogen) atoms. The highest BCUT2D eigenvalue weighted by Crippen LogP contribution is 2.11. The maximum absolute atomic E-state index is 11.7. The van der Waals surface area contributed by atoms with Crippen LogP contribution in [0.3, 0.4) is 0 Å². The number of unbranched alkanes of at least 4 members (excludes halogenated alkanes) is 4. The van der Waals surface area contributed by atoms with Crippen LogP contribution in [-0.2, 0) is 4.79 Å². The van der Waals surface area contributed by atoms with Crippen LogP contribution >= 0.6 is 12.2 Å². The molecule has 0 heterocycles. The molecule has 0 atom stereocenters. The van der Waals surface area contributed by atoms with Crippen LogP contribution in [0.2, 0.25) is 0 Å². The molecular formula is C15H22N2OS. The zero-order chi connectivity index (χ0) is 14.1. The van der Waals surface area contributed by atoms with E-state index in [4.69, 9.17) is 18.0 Å². The lowest BCUT2D eigenvalue weighted by molar-refractivity contribution is -0.116. The van der Waals surface area contributed by atoms with Crippen LogP contribution < -0.4 is 11.1 Å². The van der Waals surface area contributed by atoms with Gasteiger partial charge in [-0.15, -0.1) is 0 Å². The van der Waals surface area contributed by atoms with E-state index in [9.17, 15) is 4.79 Å². The predicted molar refractivity (Wildman–Crippen MR) is 84.3 cm³/mol. The van der Waals surface area contributed by atoms with E-state index in [-0.39, 0.29) is 5.91 Å². The van der Waals surface area contributed by atoms with Gasteiger partial charge in [-0.1, -0.05) is 44.8 Å². The first-order valence-electron chi connectivity index (χ1n) is 6.83. The minimum atomic E-state index is 0.0690. The number of nitrogens with two attached hydrogens (primary N) is 1. The van der Waals surface area contributed by atoms with E-state index in [1.54, 1.807) is 0 Å². The van der Waals surface area contributed by atoms with E-state index in [2.05, 4.69) is 12.2 Å². The monoisotopic (exact) mass is 278 g/mol. The molecule has 1 rings (SSSR count). The first kappa shape index (κ1) is 15.6. The molecule has 0 aromatic heterocycles. The van der Waals surface area contributed by atoms with Crippen molar-refractivity contribution in [2.75, 3.05) is 5.32 Å². The van der Waals surface area contributed by atoms with Gasteiger partial charge in [-0.3, -0.25) is 4.79 Å². The fraction of sp³-hybridized carbons (Fsp3) is 0.467. The minimum absolute atomic E-state index is 0.0690. The van der Waals surface area contributed by atoms with Gasteiger partial charge in [0.15, 0.2) is 0 Å². The first-order valence-corrected chi connectivity index (χ1v) is 7.24. The normalized spacial score (nSPS) is 10.2. The fourth-order valence-corrected chi connectivity index (χ4v) is 1.97. The van der Waals surface area contributed by atoms with Crippen molar-refractivity contribution in [1.29, 1.82) is 0 Å². The van der Waals surface area contributed by atoms with E-state index in [0.717, 1.165) is 24.1 Å². The summed E-state index contributed by atoms with van der Waals surface area (Å²) in [4.78, 5) is 12.1. The molecule has 1 aromatic rings. The maximum Gasteiger partial charge on any atom is 0.224 e. The topological polar surface area (TPSA) is 55.1 Å². The second kappa shape index (κ2) is 8.64. The molecule has 0 fully saturated rings. The van der Waals surface area contributed by atoms with Crippen molar-refractivity contribution in [3.8, 4) is 0 Å². The van der Waals surface area contributed by atoms with Crippen LogP contribution in [0.15, 0.2) is 24.3 Å². The summed E-state index contributed by atoms with van der Waals surface area (Å²) in [7, 11) is 0. The molecule has 3 N–H and O–H groups in total. The molecule has 0 radical (unpaired) electrons. The van der Waals surface area contributed by atoms with Gasteiger partial charge in [0.1, 0.15) is 4.99 Å². The lowest BCUT2D eigenvalue weighted by Gasteiger charge is -2.06. The zero-order valence-electron chi connectivity index (χ0n) is 11.4. The third-order valence-electron chi connectivity index (χ3n) is 2.96. The summed E-state index contributed by atoms with van der Waals surface area (Å²) in [5.74, 6) is 0.0690. The zero-order valence-corrected chi connectivity index (χ0v) is 12.3. The van der Waals surface area contributed by atoms with Crippen LogP contribution in [0.1, 0.15) is 51.0 Å². The number of amides is 1. The summed E-state index contributed by atoms with van der Waals surface area (Å²) in [6, 6.07) is 7.28. The van der Waals surface area contributed by atoms with Gasteiger partial charge < -0.3 is 11.1 Å². The number of carbonyl (C=O) groups excluding carboxylic acids is 1. The fourth-order valence-electron chi connectivity index (χ4n) is 1.83. The summed E-state index contributed by atoms with van der Waals surface area (Å²) in [5.41, 5.74) is 7.12. The number of anilines is 1. The summed E-state index contributed by atoms with van der Waals surface area (Å²) in [6.45, 7) is 2.18. The quantitative estimate of drug-likeness (QED) is 0.564. The van der Waals surface area contributed by atoms with E-state index in [0.29, 0.717) is 11.4 Å². The summed E-state index contributed by atoms with van der Waals surface area (Å²) >= 11 is 4.88. The molecule has 0 bridgehead atoms. The Hall–Kier alpha value is -1.42. The average Bonchev–Trinajstić information content (AvgIpc) is 2.39. The Morgan fingerprint density at radius 3 is 2.37 bits per heavy atom. The molecule has 0 saturated heterocycles. The van der Waals surface area contributed by atoms with Gasteiger partial charge in [0.2, 0.25) is 5.91 Å². The molecule has 1 amide bonds. The van der Waals surface area contributed by atoms with Crippen molar-refractivity contribution >= 4 is 28.8 Å². The molecule has 0 unspecified atom stereocenters. The Labute approximate surface area is 120 Å². The van der Waals surface area contributed by atoms with Crippen LogP contribution in [0, 0.1) is 0 Å². The third kappa shape index (κ3) is 6.34. The Kier molecular flexibility index (Phi) is 7.11. The highest BCUT2D eigenvalue weighted by molar-refractivity contribution is 7.80. The van der Waals surface area contributed by atoms with Crippen molar-refractivity contribution in [2.24, 2.45) is 5.73 Å². The highest BCUT2D eigenvalue weighted by atomic mass is 32.1. The minimum Gasteiger partial charge on any atom is -0.389 e. The number of thiocarbonyl (C=S) groups is 1. The van der Waals surface area contributed by atoms with Crippen molar-refractivity contribution in [2.45, 2.75) is 45.4 Å². The van der Waals surface area contributed by atoms with Gasteiger partial charge >= 0.3 is 0 Å². The first-order chi connectivity index (χ1) is 9.13. The Morgan fingerprint density at radius 1 is 1.16 bits per heavy atom. The van der Waals surface area contributed by atoms with Crippen LogP contribution in [0.5, 0.6) is 0 Å². The SMILES string of the molecule is CCCCCCCC(=O)Nc1ccc(C(N)=S)cc1. The standard InChI is InChI=1S/C15H22N2OS/c1-2-3-4-5-6-7-14(18)17-13-10-8-12(9-11-13)15(16)19/h8-11H,2-7H2,1H3,(H2,16,19)(H,17,18). The summed E-state index contributed by atoms with van der Waals surface area (Å²) in [6.07, 6.45) is 6.36. The molecule has 0 saturated carbocycles. The van der Waals surface area contributed by atoms with E-state index >= 15 is 0 Å². The van der Waals surface area contributed by atoms with Gasteiger partial charge in [0, 0.05) is 17.7 Å². The van der Waals surface area contributed by atoms with Crippen molar-refractivity contribution < 1.29 is 4.79 Å². The van der Waals surface area contributed by atoms with Gasteiger partial charge in [0.25, 0.3) is 0 Å². The van der Waals surface area contributed by atoms with Crippen molar-refractivity contribution in [3.05, 3.63) is 29.8 Å². The molecule has 0 aliphatic rings. The van der Waals surface area contributed by atoms with Crippen LogP contribution in [-0.4, -0.2) is 10.9 Å². The summed E-state index contributed by atoms with van der Waals surface area (Å²) < 4.78 is 0. The maximum atomic E-state index is 11.7. The number of benzene rings is 1. The molecule has 0 aliphatic heterocycles. The average molecular weight is 278 g/mol. The highest BCUT2D eigenvalue weighted by Gasteiger charge is 2.02. The van der Waals surface area contributed by atoms with Crippen LogP contribution in [0.4, 0.5) is 5.69 Å². The van der Waals surface area contributed by atoms with Crippen LogP contribution in [0.25, 0.3) is 0 Å². The molecule has 104 valence electrons. The second-order valence-corrected chi connectivity index (χ2v) is 5.09. The van der Waals surface area contributed by atoms with Gasteiger partial charge in [-0.2, -0.15) is 0 Å². The summed E-state index contributed by atoms with van der Waals surface area (Å²) in [5, 5.41) is 2.88.